The third-order valence-corrected chi connectivity index (χ3v) is 7.18. The summed E-state index contributed by atoms with van der Waals surface area (Å²) in [5.74, 6) is -0.184. The van der Waals surface area contributed by atoms with Gasteiger partial charge >= 0.3 is 0 Å². The van der Waals surface area contributed by atoms with Crippen LogP contribution in [0.15, 0.2) is 47.2 Å². The molecule has 9 heteroatoms. The predicted molar refractivity (Wildman–Crippen MR) is 132 cm³/mol. The number of anilines is 1. The minimum atomic E-state index is -0.103. The lowest BCUT2D eigenvalue weighted by atomic mass is 10.0. The Hall–Kier alpha value is -2.59. The molecule has 1 saturated heterocycles. The molecule has 33 heavy (non-hydrogen) atoms. The Kier molecular flexibility index (Phi) is 8.22. The van der Waals surface area contributed by atoms with Crippen molar-refractivity contribution in [2.75, 3.05) is 38.2 Å². The fraction of sp³-hybridized carbons (Fsp3) is 0.375. The number of thiazole rings is 1. The van der Waals surface area contributed by atoms with E-state index in [0.717, 1.165) is 18.0 Å². The molecule has 3 aromatic rings. The topological polar surface area (TPSA) is 83.6 Å². The zero-order chi connectivity index (χ0) is 23.0. The maximum atomic E-state index is 12.7. The minimum absolute atomic E-state index is 0.0814. The van der Waals surface area contributed by atoms with Crippen LogP contribution in [0.5, 0.6) is 0 Å². The SMILES string of the molecule is Cc1ccc(C(CNC(=O)Cc2csc(NC(=O)Cc3cccs3)n2)N2CCOCC2)cc1. The van der Waals surface area contributed by atoms with Crippen LogP contribution in [0.25, 0.3) is 0 Å². The van der Waals surface area contributed by atoms with Crippen molar-refractivity contribution in [3.63, 3.8) is 0 Å². The highest BCUT2D eigenvalue weighted by atomic mass is 32.1. The molecular formula is C24H28N4O3S2. The van der Waals surface area contributed by atoms with E-state index in [1.165, 1.54) is 22.5 Å². The molecule has 2 aromatic heterocycles. The molecular weight excluding hydrogens is 456 g/mol. The molecule has 174 valence electrons. The van der Waals surface area contributed by atoms with E-state index in [0.29, 0.717) is 37.0 Å². The van der Waals surface area contributed by atoms with Gasteiger partial charge in [0.1, 0.15) is 0 Å². The Balaban J connectivity index is 1.30. The van der Waals surface area contributed by atoms with Gasteiger partial charge in [0.2, 0.25) is 11.8 Å². The number of amides is 2. The summed E-state index contributed by atoms with van der Waals surface area (Å²) in [4.78, 5) is 32.6. The fourth-order valence-electron chi connectivity index (χ4n) is 3.75. The molecule has 0 saturated carbocycles. The standard InChI is InChI=1S/C24H28N4O3S2/c1-17-4-6-18(7-5-17)21(28-8-10-31-11-9-28)15-25-22(29)13-19-16-33-24(26-19)27-23(30)14-20-3-2-12-32-20/h2-7,12,16,21H,8-11,13-15H2,1H3,(H,25,29)(H,26,27,30). The Labute approximate surface area is 201 Å². The number of aryl methyl sites for hydroxylation is 1. The summed E-state index contributed by atoms with van der Waals surface area (Å²) in [7, 11) is 0. The van der Waals surface area contributed by atoms with Gasteiger partial charge in [0.15, 0.2) is 5.13 Å². The van der Waals surface area contributed by atoms with Crippen LogP contribution in [0.3, 0.4) is 0 Å². The van der Waals surface area contributed by atoms with Gasteiger partial charge in [-0.2, -0.15) is 0 Å². The van der Waals surface area contributed by atoms with Crippen molar-refractivity contribution in [2.24, 2.45) is 0 Å². The number of rotatable bonds is 9. The van der Waals surface area contributed by atoms with Crippen molar-refractivity contribution in [3.05, 3.63) is 68.9 Å². The third-order valence-electron chi connectivity index (χ3n) is 5.50. The van der Waals surface area contributed by atoms with Crippen LogP contribution in [0, 0.1) is 6.92 Å². The highest BCUT2D eigenvalue weighted by Crippen LogP contribution is 2.22. The number of ether oxygens (including phenoxy) is 1. The first kappa shape index (κ1) is 23.6. The van der Waals surface area contributed by atoms with E-state index in [9.17, 15) is 9.59 Å². The van der Waals surface area contributed by atoms with Gasteiger partial charge in [0, 0.05) is 29.9 Å². The Bertz CT molecular complexity index is 1040. The smallest absolute Gasteiger partial charge is 0.231 e. The van der Waals surface area contributed by atoms with Crippen LogP contribution in [-0.4, -0.2) is 54.5 Å². The Morgan fingerprint density at radius 1 is 1.09 bits per heavy atom. The van der Waals surface area contributed by atoms with Crippen molar-refractivity contribution >= 4 is 39.6 Å². The highest BCUT2D eigenvalue weighted by molar-refractivity contribution is 7.14. The van der Waals surface area contributed by atoms with Crippen LogP contribution in [0.4, 0.5) is 5.13 Å². The number of benzene rings is 1. The quantitative estimate of drug-likeness (QED) is 0.486. The van der Waals surface area contributed by atoms with Crippen molar-refractivity contribution in [1.29, 1.82) is 0 Å². The van der Waals surface area contributed by atoms with Gasteiger partial charge in [0.05, 0.1) is 37.8 Å². The lowest BCUT2D eigenvalue weighted by Gasteiger charge is -2.35. The minimum Gasteiger partial charge on any atom is -0.379 e. The molecule has 3 heterocycles. The molecule has 4 rings (SSSR count). The van der Waals surface area contributed by atoms with E-state index in [2.05, 4.69) is 51.7 Å². The Morgan fingerprint density at radius 2 is 1.88 bits per heavy atom. The monoisotopic (exact) mass is 484 g/mol. The lowest BCUT2D eigenvalue weighted by Crippen LogP contribution is -2.44. The molecule has 0 radical (unpaired) electrons. The summed E-state index contributed by atoms with van der Waals surface area (Å²) < 4.78 is 5.50. The summed E-state index contributed by atoms with van der Waals surface area (Å²) >= 11 is 2.89. The summed E-state index contributed by atoms with van der Waals surface area (Å²) in [5, 5.41) is 10.2. The maximum absolute atomic E-state index is 12.7. The van der Waals surface area contributed by atoms with E-state index < -0.39 is 0 Å². The zero-order valence-corrected chi connectivity index (χ0v) is 20.2. The summed E-state index contributed by atoms with van der Waals surface area (Å²) in [6.07, 6.45) is 0.510. The summed E-state index contributed by atoms with van der Waals surface area (Å²) in [6.45, 7) is 5.69. The molecule has 1 atom stereocenters. The molecule has 0 bridgehead atoms. The molecule has 1 aromatic carbocycles. The normalized spacial score (nSPS) is 15.2. The number of carbonyl (C=O) groups excluding carboxylic acids is 2. The molecule has 1 aliphatic rings. The van der Waals surface area contributed by atoms with Gasteiger partial charge in [-0.1, -0.05) is 35.9 Å². The van der Waals surface area contributed by atoms with Gasteiger partial charge in [-0.3, -0.25) is 14.5 Å². The average molecular weight is 485 g/mol. The maximum Gasteiger partial charge on any atom is 0.231 e. The highest BCUT2D eigenvalue weighted by Gasteiger charge is 2.23. The van der Waals surface area contributed by atoms with Crippen LogP contribution in [-0.2, 0) is 27.2 Å². The number of nitrogens with one attached hydrogen (secondary N) is 2. The first-order valence-corrected chi connectivity index (χ1v) is 12.7. The molecule has 0 spiro atoms. The van der Waals surface area contributed by atoms with E-state index in [-0.39, 0.29) is 24.3 Å². The first-order valence-electron chi connectivity index (χ1n) is 11.0. The molecule has 1 fully saturated rings. The fourth-order valence-corrected chi connectivity index (χ4v) is 5.18. The van der Waals surface area contributed by atoms with Crippen molar-refractivity contribution in [2.45, 2.75) is 25.8 Å². The Morgan fingerprint density at radius 3 is 2.61 bits per heavy atom. The van der Waals surface area contributed by atoms with E-state index in [1.807, 2.05) is 22.9 Å². The predicted octanol–water partition coefficient (Wildman–Crippen LogP) is 3.43. The second-order valence-electron chi connectivity index (χ2n) is 8.00. The van der Waals surface area contributed by atoms with E-state index in [4.69, 9.17) is 4.74 Å². The molecule has 0 aliphatic carbocycles. The van der Waals surface area contributed by atoms with E-state index >= 15 is 0 Å². The number of nitrogens with zero attached hydrogens (tertiary/aromatic N) is 2. The van der Waals surface area contributed by atoms with Crippen molar-refractivity contribution in [1.82, 2.24) is 15.2 Å². The summed E-state index contributed by atoms with van der Waals surface area (Å²) in [6, 6.07) is 12.4. The molecule has 2 N–H and O–H groups in total. The van der Waals surface area contributed by atoms with Gasteiger partial charge in [-0.05, 0) is 23.9 Å². The van der Waals surface area contributed by atoms with Crippen LogP contribution >= 0.6 is 22.7 Å². The van der Waals surface area contributed by atoms with Gasteiger partial charge in [-0.25, -0.2) is 4.98 Å². The number of aromatic nitrogens is 1. The number of morpholine rings is 1. The second-order valence-corrected chi connectivity index (χ2v) is 9.89. The molecule has 1 aliphatic heterocycles. The van der Waals surface area contributed by atoms with Crippen LogP contribution < -0.4 is 10.6 Å². The first-order chi connectivity index (χ1) is 16.1. The lowest BCUT2D eigenvalue weighted by molar-refractivity contribution is -0.120. The number of hydrogen-bond acceptors (Lipinski definition) is 7. The third kappa shape index (κ3) is 6.94. The molecule has 1 unspecified atom stereocenters. The zero-order valence-electron chi connectivity index (χ0n) is 18.6. The van der Waals surface area contributed by atoms with Crippen molar-refractivity contribution < 1.29 is 14.3 Å². The summed E-state index contributed by atoms with van der Waals surface area (Å²) in [5.41, 5.74) is 3.06. The average Bonchev–Trinajstić information content (AvgIpc) is 3.48. The molecule has 7 nitrogen and oxygen atoms in total. The van der Waals surface area contributed by atoms with E-state index in [1.54, 1.807) is 11.3 Å². The van der Waals surface area contributed by atoms with Gasteiger partial charge < -0.3 is 15.4 Å². The van der Waals surface area contributed by atoms with Gasteiger partial charge in [0.25, 0.3) is 0 Å². The van der Waals surface area contributed by atoms with Crippen LogP contribution in [0.2, 0.25) is 0 Å². The second kappa shape index (κ2) is 11.5. The number of thiophene rings is 1. The largest absolute Gasteiger partial charge is 0.379 e. The van der Waals surface area contributed by atoms with Gasteiger partial charge in [-0.15, -0.1) is 22.7 Å². The van der Waals surface area contributed by atoms with Crippen molar-refractivity contribution in [3.8, 4) is 0 Å². The van der Waals surface area contributed by atoms with Crippen LogP contribution in [0.1, 0.15) is 27.7 Å². The number of carbonyl (C=O) groups is 2. The number of hydrogen-bond donors (Lipinski definition) is 2. The molecule has 2 amide bonds.